The molecule has 0 saturated heterocycles. The second kappa shape index (κ2) is 7.35. The second-order valence-corrected chi connectivity index (χ2v) is 2.87. The molecule has 3 nitrogen and oxygen atoms in total. The zero-order valence-corrected chi connectivity index (χ0v) is 8.05. The number of nitrogens with one attached hydrogen (secondary N) is 1. The fourth-order valence-corrected chi connectivity index (χ4v) is 0.940. The van der Waals surface area contributed by atoms with Crippen molar-refractivity contribution in [2.75, 3.05) is 6.54 Å². The third-order valence-corrected chi connectivity index (χ3v) is 1.84. The lowest BCUT2D eigenvalue weighted by Gasteiger charge is -2.05. The van der Waals surface area contributed by atoms with Gasteiger partial charge in [0, 0.05) is 18.9 Å². The molecule has 72 valence electrons. The van der Waals surface area contributed by atoms with Gasteiger partial charge in [-0.1, -0.05) is 13.0 Å². The van der Waals surface area contributed by atoms with Gasteiger partial charge in [0.15, 0.2) is 0 Å². The van der Waals surface area contributed by atoms with Crippen LogP contribution in [0.4, 0.5) is 0 Å². The summed E-state index contributed by atoms with van der Waals surface area (Å²) in [6, 6.07) is 2.16. The molecule has 1 atom stereocenters. The summed E-state index contributed by atoms with van der Waals surface area (Å²) in [7, 11) is 0. The number of carbonyl (C=O) groups is 1. The van der Waals surface area contributed by atoms with E-state index in [0.717, 1.165) is 6.42 Å². The van der Waals surface area contributed by atoms with Crippen LogP contribution in [0.15, 0.2) is 12.7 Å². The number of rotatable bonds is 6. The van der Waals surface area contributed by atoms with Gasteiger partial charge in [0.1, 0.15) is 0 Å². The first-order chi connectivity index (χ1) is 6.24. The van der Waals surface area contributed by atoms with Crippen molar-refractivity contribution in [2.45, 2.75) is 26.2 Å². The molecule has 1 amide bonds. The number of nitriles is 1. The minimum absolute atomic E-state index is 0.00593. The molecular weight excluding hydrogens is 164 g/mol. The molecule has 0 saturated carbocycles. The molecule has 1 N–H and O–H groups in total. The summed E-state index contributed by atoms with van der Waals surface area (Å²) >= 11 is 0. The number of hydrogen-bond donors (Lipinski definition) is 1. The molecule has 0 heterocycles. The predicted molar refractivity (Wildman–Crippen MR) is 51.8 cm³/mol. The molecule has 0 spiro atoms. The molecule has 0 aliphatic rings. The maximum atomic E-state index is 11.1. The molecule has 0 bridgehead atoms. The van der Waals surface area contributed by atoms with Crippen LogP contribution in [0.1, 0.15) is 26.2 Å². The molecule has 0 aliphatic carbocycles. The van der Waals surface area contributed by atoms with Gasteiger partial charge in [-0.15, -0.1) is 6.58 Å². The Hall–Kier alpha value is -1.30. The average Bonchev–Trinajstić information content (AvgIpc) is 2.16. The Morgan fingerprint density at radius 2 is 2.46 bits per heavy atom. The van der Waals surface area contributed by atoms with Crippen LogP contribution in [0.3, 0.4) is 0 Å². The van der Waals surface area contributed by atoms with Crippen molar-refractivity contribution >= 4 is 5.91 Å². The van der Waals surface area contributed by atoms with E-state index in [4.69, 9.17) is 5.26 Å². The molecule has 1 unspecified atom stereocenters. The van der Waals surface area contributed by atoms with Gasteiger partial charge in [0.05, 0.1) is 6.07 Å². The van der Waals surface area contributed by atoms with E-state index >= 15 is 0 Å². The van der Waals surface area contributed by atoms with Crippen LogP contribution >= 0.6 is 0 Å². The summed E-state index contributed by atoms with van der Waals surface area (Å²) in [6.07, 6.45) is 3.53. The molecule has 0 radical (unpaired) electrons. The SMILES string of the molecule is C=CCNC(=O)CCC(C#N)CC. The maximum Gasteiger partial charge on any atom is 0.220 e. The minimum atomic E-state index is -0.00593. The van der Waals surface area contributed by atoms with Crippen molar-refractivity contribution in [1.82, 2.24) is 5.32 Å². The Morgan fingerprint density at radius 3 is 2.92 bits per heavy atom. The predicted octanol–water partition coefficient (Wildman–Crippen LogP) is 1.62. The minimum Gasteiger partial charge on any atom is -0.353 e. The van der Waals surface area contributed by atoms with E-state index in [1.54, 1.807) is 6.08 Å². The Balaban J connectivity index is 3.57. The van der Waals surface area contributed by atoms with E-state index < -0.39 is 0 Å². The van der Waals surface area contributed by atoms with E-state index in [0.29, 0.717) is 19.4 Å². The van der Waals surface area contributed by atoms with Gasteiger partial charge in [-0.2, -0.15) is 5.26 Å². The van der Waals surface area contributed by atoms with Crippen molar-refractivity contribution in [3.63, 3.8) is 0 Å². The van der Waals surface area contributed by atoms with Gasteiger partial charge in [-0.3, -0.25) is 4.79 Å². The number of amides is 1. The van der Waals surface area contributed by atoms with Crippen LogP contribution in [0.25, 0.3) is 0 Å². The fourth-order valence-electron chi connectivity index (χ4n) is 0.940. The Labute approximate surface area is 79.4 Å². The Bertz CT molecular complexity index is 205. The highest BCUT2D eigenvalue weighted by Gasteiger charge is 2.07. The van der Waals surface area contributed by atoms with Gasteiger partial charge in [-0.05, 0) is 12.8 Å². The molecule has 0 fully saturated rings. The van der Waals surface area contributed by atoms with Crippen LogP contribution in [0, 0.1) is 17.2 Å². The van der Waals surface area contributed by atoms with E-state index in [2.05, 4.69) is 18.0 Å². The standard InChI is InChI=1S/C10H16N2O/c1-3-7-12-10(13)6-5-9(4-2)8-11/h3,9H,1,4-7H2,2H3,(H,12,13). The highest BCUT2D eigenvalue weighted by atomic mass is 16.1. The van der Waals surface area contributed by atoms with E-state index in [9.17, 15) is 4.79 Å². The summed E-state index contributed by atoms with van der Waals surface area (Å²) in [5, 5.41) is 11.3. The van der Waals surface area contributed by atoms with Gasteiger partial charge in [0.25, 0.3) is 0 Å². The molecule has 3 heteroatoms. The molecule has 13 heavy (non-hydrogen) atoms. The van der Waals surface area contributed by atoms with Crippen molar-refractivity contribution in [1.29, 1.82) is 5.26 Å². The van der Waals surface area contributed by atoms with Crippen molar-refractivity contribution < 1.29 is 4.79 Å². The fraction of sp³-hybridized carbons (Fsp3) is 0.600. The van der Waals surface area contributed by atoms with Gasteiger partial charge in [-0.25, -0.2) is 0 Å². The van der Waals surface area contributed by atoms with E-state index in [-0.39, 0.29) is 11.8 Å². The zero-order chi connectivity index (χ0) is 10.1. The topological polar surface area (TPSA) is 52.9 Å². The highest BCUT2D eigenvalue weighted by Crippen LogP contribution is 2.08. The summed E-state index contributed by atoms with van der Waals surface area (Å²) in [6.45, 7) is 5.95. The van der Waals surface area contributed by atoms with Crippen molar-refractivity contribution in [3.05, 3.63) is 12.7 Å². The monoisotopic (exact) mass is 180 g/mol. The lowest BCUT2D eigenvalue weighted by Crippen LogP contribution is -2.23. The Morgan fingerprint density at radius 1 is 1.77 bits per heavy atom. The quantitative estimate of drug-likeness (QED) is 0.631. The first kappa shape index (κ1) is 11.7. The molecular formula is C10H16N2O. The first-order valence-electron chi connectivity index (χ1n) is 4.51. The smallest absolute Gasteiger partial charge is 0.220 e. The van der Waals surface area contributed by atoms with Crippen molar-refractivity contribution in [2.24, 2.45) is 5.92 Å². The molecule has 0 aromatic heterocycles. The summed E-state index contributed by atoms with van der Waals surface area (Å²) in [4.78, 5) is 11.1. The maximum absolute atomic E-state index is 11.1. The summed E-state index contributed by atoms with van der Waals surface area (Å²) in [5.74, 6) is 0.00285. The molecule has 0 aliphatic heterocycles. The van der Waals surface area contributed by atoms with Gasteiger partial charge < -0.3 is 5.32 Å². The summed E-state index contributed by atoms with van der Waals surface area (Å²) in [5.41, 5.74) is 0. The molecule has 0 aromatic rings. The lowest BCUT2D eigenvalue weighted by atomic mass is 10.0. The van der Waals surface area contributed by atoms with E-state index in [1.807, 2.05) is 6.92 Å². The van der Waals surface area contributed by atoms with Crippen LogP contribution in [0.5, 0.6) is 0 Å². The van der Waals surface area contributed by atoms with Crippen LogP contribution in [0.2, 0.25) is 0 Å². The van der Waals surface area contributed by atoms with Gasteiger partial charge in [0.2, 0.25) is 5.91 Å². The molecule has 0 aromatic carbocycles. The van der Waals surface area contributed by atoms with Gasteiger partial charge >= 0.3 is 0 Å². The first-order valence-corrected chi connectivity index (χ1v) is 4.51. The van der Waals surface area contributed by atoms with Crippen molar-refractivity contribution in [3.8, 4) is 6.07 Å². The average molecular weight is 180 g/mol. The molecule has 0 rings (SSSR count). The van der Waals surface area contributed by atoms with Crippen LogP contribution in [-0.4, -0.2) is 12.5 Å². The van der Waals surface area contributed by atoms with Crippen LogP contribution in [-0.2, 0) is 4.79 Å². The van der Waals surface area contributed by atoms with Crippen LogP contribution < -0.4 is 5.32 Å². The number of hydrogen-bond acceptors (Lipinski definition) is 2. The normalized spacial score (nSPS) is 11.4. The lowest BCUT2D eigenvalue weighted by molar-refractivity contribution is -0.121. The highest BCUT2D eigenvalue weighted by molar-refractivity contribution is 5.75. The largest absolute Gasteiger partial charge is 0.353 e. The van der Waals surface area contributed by atoms with E-state index in [1.165, 1.54) is 0 Å². The number of nitrogens with zero attached hydrogens (tertiary/aromatic N) is 1. The zero-order valence-electron chi connectivity index (χ0n) is 8.05. The third kappa shape index (κ3) is 5.92. The second-order valence-electron chi connectivity index (χ2n) is 2.87. The summed E-state index contributed by atoms with van der Waals surface area (Å²) < 4.78 is 0. The number of carbonyl (C=O) groups excluding carboxylic acids is 1. The third-order valence-electron chi connectivity index (χ3n) is 1.84. The Kier molecular flexibility index (Phi) is 6.62.